The lowest BCUT2D eigenvalue weighted by atomic mass is 10.00. The number of anilines is 1. The Kier molecular flexibility index (Phi) is 10.2. The van der Waals surface area contributed by atoms with Crippen molar-refractivity contribution in [2.24, 2.45) is 0 Å². The molecule has 4 aromatic rings. The minimum absolute atomic E-state index is 0.104. The Morgan fingerprint density at radius 3 is 2.51 bits per heavy atom. The van der Waals surface area contributed by atoms with Gasteiger partial charge in [0.05, 0.1) is 13.5 Å². The molecule has 0 unspecified atom stereocenters. The summed E-state index contributed by atoms with van der Waals surface area (Å²) in [6, 6.07) is 15.1. The molecule has 0 saturated carbocycles. The minimum atomic E-state index is -1.04. The average Bonchev–Trinajstić information content (AvgIpc) is 3.46. The van der Waals surface area contributed by atoms with Crippen LogP contribution in [0.15, 0.2) is 72.3 Å². The minimum Gasteiger partial charge on any atom is -0.493 e. The second-order valence-corrected chi connectivity index (χ2v) is 9.87. The van der Waals surface area contributed by atoms with Gasteiger partial charge in [0.2, 0.25) is 5.91 Å². The molecule has 1 heterocycles. The second-order valence-electron chi connectivity index (χ2n) is 8.97. The van der Waals surface area contributed by atoms with Crippen LogP contribution in [0.3, 0.4) is 0 Å². The van der Waals surface area contributed by atoms with Crippen LogP contribution in [0.5, 0.6) is 17.2 Å². The van der Waals surface area contributed by atoms with E-state index in [0.717, 1.165) is 30.3 Å². The van der Waals surface area contributed by atoms with Crippen molar-refractivity contribution in [3.8, 4) is 28.4 Å². The van der Waals surface area contributed by atoms with Crippen molar-refractivity contribution in [3.05, 3.63) is 94.8 Å². The van der Waals surface area contributed by atoms with E-state index < -0.39 is 11.8 Å². The maximum absolute atomic E-state index is 15.2. The second kappa shape index (κ2) is 14.2. The number of amides is 1. The highest BCUT2D eigenvalue weighted by atomic mass is 32.1. The van der Waals surface area contributed by atoms with Gasteiger partial charge in [0.25, 0.3) is 0 Å². The summed E-state index contributed by atoms with van der Waals surface area (Å²) in [6.45, 7) is 3.58. The van der Waals surface area contributed by atoms with Crippen molar-refractivity contribution in [2.45, 2.75) is 19.8 Å². The number of rotatable bonds is 13. The molecule has 41 heavy (non-hydrogen) atoms. The molecule has 0 saturated heterocycles. The van der Waals surface area contributed by atoms with Crippen molar-refractivity contribution in [2.75, 3.05) is 25.5 Å². The number of nitrogens with one attached hydrogen (secondary N) is 2. The quantitative estimate of drug-likeness (QED) is 0.129. The maximum atomic E-state index is 15.2. The summed E-state index contributed by atoms with van der Waals surface area (Å²) in [5.74, 6) is -0.638. The zero-order valence-corrected chi connectivity index (χ0v) is 23.5. The third-order valence-electron chi connectivity index (χ3n) is 6.15. The Balaban J connectivity index is 1.57. The van der Waals surface area contributed by atoms with Crippen molar-refractivity contribution in [1.29, 1.82) is 0 Å². The van der Waals surface area contributed by atoms with Crippen LogP contribution in [0.2, 0.25) is 0 Å². The van der Waals surface area contributed by atoms with Crippen molar-refractivity contribution in [3.63, 3.8) is 0 Å². The molecule has 3 aromatic carbocycles. The van der Waals surface area contributed by atoms with Crippen LogP contribution < -0.4 is 20.1 Å². The van der Waals surface area contributed by atoms with Crippen LogP contribution >= 0.6 is 11.3 Å². The number of hydrogen-bond acceptors (Lipinski definition) is 7. The third-order valence-corrected chi connectivity index (χ3v) is 6.83. The molecule has 0 spiro atoms. The Morgan fingerprint density at radius 1 is 1.07 bits per heavy atom. The zero-order valence-electron chi connectivity index (χ0n) is 22.6. The molecule has 0 aliphatic carbocycles. The smallest absolute Gasteiger partial charge is 0.328 e. The monoisotopic (exact) mass is 575 g/mol. The first-order valence-corrected chi connectivity index (χ1v) is 13.8. The van der Waals surface area contributed by atoms with E-state index in [1.807, 2.05) is 13.0 Å². The highest BCUT2D eigenvalue weighted by Gasteiger charge is 2.17. The van der Waals surface area contributed by atoms with E-state index in [4.69, 9.17) is 14.6 Å². The largest absolute Gasteiger partial charge is 0.493 e. The number of carboxylic acid groups (broad SMARTS) is 1. The molecular weight excluding hydrogens is 545 g/mol. The number of carbonyl (C=O) groups excluding carboxylic acids is 1. The molecule has 0 bridgehead atoms. The fourth-order valence-corrected chi connectivity index (χ4v) is 4.71. The van der Waals surface area contributed by atoms with Crippen molar-refractivity contribution >= 4 is 34.4 Å². The van der Waals surface area contributed by atoms with Gasteiger partial charge in [-0.3, -0.25) is 4.79 Å². The van der Waals surface area contributed by atoms with Gasteiger partial charge in [-0.15, -0.1) is 11.3 Å². The number of benzene rings is 3. The summed E-state index contributed by atoms with van der Waals surface area (Å²) in [6.07, 6.45) is 4.92. The molecule has 1 aromatic heterocycles. The fraction of sp³-hybridized carbons (Fsp3) is 0.194. The van der Waals surface area contributed by atoms with E-state index in [9.17, 15) is 9.59 Å². The Hall–Kier alpha value is -4.54. The molecule has 0 aliphatic rings. The maximum Gasteiger partial charge on any atom is 0.328 e. The first kappa shape index (κ1) is 29.4. The standard InChI is InChI=1S/C31H30FN3O5S/c1-3-33-13-12-22-16-27(39-2)28(17-23(22)18-29(36)35-31-34-14-15-41-31)40-24-9-10-25(26(32)19-24)21-7-4-20(5-8-21)6-11-30(37)38/h4-11,14-17,19,33H,3,12-13,18H2,1-2H3,(H,37,38)(H,34,35,36)/b11-6+. The summed E-state index contributed by atoms with van der Waals surface area (Å²) < 4.78 is 26.8. The van der Waals surface area contributed by atoms with E-state index in [1.54, 1.807) is 54.0 Å². The van der Waals surface area contributed by atoms with Crippen molar-refractivity contribution < 1.29 is 28.6 Å². The summed E-state index contributed by atoms with van der Waals surface area (Å²) in [7, 11) is 1.53. The highest BCUT2D eigenvalue weighted by Crippen LogP contribution is 2.36. The van der Waals surface area contributed by atoms with Gasteiger partial charge in [-0.2, -0.15) is 0 Å². The van der Waals surface area contributed by atoms with E-state index in [2.05, 4.69) is 15.6 Å². The number of thiazole rings is 1. The topological polar surface area (TPSA) is 110 Å². The van der Waals surface area contributed by atoms with Crippen LogP contribution in [0.25, 0.3) is 17.2 Å². The molecule has 0 aliphatic heterocycles. The summed E-state index contributed by atoms with van der Waals surface area (Å²) in [5.41, 5.74) is 3.40. The molecule has 8 nitrogen and oxygen atoms in total. The Morgan fingerprint density at radius 2 is 1.85 bits per heavy atom. The summed E-state index contributed by atoms with van der Waals surface area (Å²) in [4.78, 5) is 27.6. The molecule has 0 atom stereocenters. The van der Waals surface area contributed by atoms with Gasteiger partial charge in [0, 0.05) is 29.3 Å². The predicted octanol–water partition coefficient (Wildman–Crippen LogP) is 6.18. The number of aliphatic carboxylic acids is 1. The lowest BCUT2D eigenvalue weighted by Crippen LogP contribution is -2.19. The number of methoxy groups -OCH3 is 1. The lowest BCUT2D eigenvalue weighted by Gasteiger charge is -2.17. The molecule has 0 fully saturated rings. The van der Waals surface area contributed by atoms with Gasteiger partial charge in [-0.25, -0.2) is 14.2 Å². The first-order valence-electron chi connectivity index (χ1n) is 12.9. The van der Waals surface area contributed by atoms with Crippen LogP contribution in [-0.2, 0) is 22.4 Å². The normalized spacial score (nSPS) is 11.0. The van der Waals surface area contributed by atoms with Gasteiger partial charge in [-0.05, 0) is 72.1 Å². The fourth-order valence-electron chi connectivity index (χ4n) is 4.16. The van der Waals surface area contributed by atoms with Gasteiger partial charge >= 0.3 is 5.97 Å². The number of carboxylic acids is 1. The Labute approximate surface area is 241 Å². The third kappa shape index (κ3) is 8.23. The number of likely N-dealkylation sites (N-methyl/N-ethyl adjacent to an activating group) is 1. The van der Waals surface area contributed by atoms with Crippen molar-refractivity contribution in [1.82, 2.24) is 10.3 Å². The molecule has 10 heteroatoms. The molecule has 0 radical (unpaired) electrons. The number of hydrogen-bond donors (Lipinski definition) is 3. The van der Waals surface area contributed by atoms with Crippen LogP contribution in [0.4, 0.5) is 9.52 Å². The molecule has 4 rings (SSSR count). The molecule has 1 amide bonds. The summed E-state index contributed by atoms with van der Waals surface area (Å²) in [5, 5.41) is 17.2. The molecule has 3 N–H and O–H groups in total. The molecular formula is C31H30FN3O5S. The van der Waals surface area contributed by atoms with E-state index in [1.165, 1.54) is 30.6 Å². The van der Waals surface area contributed by atoms with Crippen LogP contribution in [-0.4, -0.2) is 42.2 Å². The van der Waals surface area contributed by atoms with Crippen LogP contribution in [0.1, 0.15) is 23.6 Å². The zero-order chi connectivity index (χ0) is 29.2. The lowest BCUT2D eigenvalue weighted by molar-refractivity contribution is -0.131. The SMILES string of the molecule is CCNCCc1cc(OC)c(Oc2ccc(-c3ccc(/C=C/C(=O)O)cc3)c(F)c2)cc1CC(=O)Nc1nccs1. The number of halogens is 1. The number of ether oxygens (including phenoxy) is 2. The predicted molar refractivity (Wildman–Crippen MR) is 158 cm³/mol. The van der Waals surface area contributed by atoms with Gasteiger partial charge in [0.1, 0.15) is 11.6 Å². The van der Waals surface area contributed by atoms with Gasteiger partial charge in [0.15, 0.2) is 16.6 Å². The number of aromatic nitrogens is 1. The average molecular weight is 576 g/mol. The van der Waals surface area contributed by atoms with E-state index in [0.29, 0.717) is 39.7 Å². The summed E-state index contributed by atoms with van der Waals surface area (Å²) >= 11 is 1.34. The van der Waals surface area contributed by atoms with Crippen LogP contribution in [0, 0.1) is 5.82 Å². The first-order chi connectivity index (χ1) is 19.9. The van der Waals surface area contributed by atoms with E-state index >= 15 is 4.39 Å². The Bertz CT molecular complexity index is 1520. The van der Waals surface area contributed by atoms with Gasteiger partial charge < -0.3 is 25.2 Å². The highest BCUT2D eigenvalue weighted by molar-refractivity contribution is 7.13. The van der Waals surface area contributed by atoms with Gasteiger partial charge in [-0.1, -0.05) is 31.2 Å². The molecule has 212 valence electrons. The number of carbonyl (C=O) groups is 2. The van der Waals surface area contributed by atoms with E-state index in [-0.39, 0.29) is 18.1 Å². The number of nitrogens with zero attached hydrogens (tertiary/aromatic N) is 1.